The molecule has 5 heterocycles. The molecule has 18 heteroatoms. The average Bonchev–Trinajstić information content (AvgIpc) is 4.08. The van der Waals surface area contributed by atoms with Crippen LogP contribution < -0.4 is 25.6 Å². The van der Waals surface area contributed by atoms with E-state index in [2.05, 4.69) is 45.9 Å². The molecule has 5 aromatic rings. The summed E-state index contributed by atoms with van der Waals surface area (Å²) in [5.41, 5.74) is 7.11. The van der Waals surface area contributed by atoms with Crippen molar-refractivity contribution in [3.8, 4) is 27.6 Å². The van der Waals surface area contributed by atoms with Gasteiger partial charge in [0.25, 0.3) is 5.91 Å². The number of aliphatic hydroxyl groups excluding tert-OH is 1. The zero-order chi connectivity index (χ0) is 45.4. The van der Waals surface area contributed by atoms with Crippen LogP contribution in [-0.4, -0.2) is 136 Å². The van der Waals surface area contributed by atoms with Crippen LogP contribution in [0.4, 0.5) is 11.4 Å². The minimum atomic E-state index is -0.953. The van der Waals surface area contributed by atoms with Crippen LogP contribution in [0.5, 0.6) is 5.75 Å². The maximum absolute atomic E-state index is 14.0. The first kappa shape index (κ1) is 45.8. The monoisotopic (exact) mass is 892 g/mol. The summed E-state index contributed by atoms with van der Waals surface area (Å²) in [5, 5.41) is 26.1. The van der Waals surface area contributed by atoms with Crippen LogP contribution in [0.3, 0.4) is 0 Å². The first-order valence-corrected chi connectivity index (χ1v) is 22.2. The third-order valence-corrected chi connectivity index (χ3v) is 12.4. The van der Waals surface area contributed by atoms with Gasteiger partial charge in [-0.15, -0.1) is 11.3 Å². The number of piperazine rings is 1. The van der Waals surface area contributed by atoms with Gasteiger partial charge in [-0.2, -0.15) is 5.10 Å². The third-order valence-electron chi connectivity index (χ3n) is 11.4. The maximum atomic E-state index is 14.0. The molecular weight excluding hydrogens is 837 g/mol. The molecule has 0 spiro atoms. The summed E-state index contributed by atoms with van der Waals surface area (Å²) in [6.07, 6.45) is 0.862. The largest absolute Gasteiger partial charge is 0.494 e. The van der Waals surface area contributed by atoms with Crippen LogP contribution in [0.15, 0.2) is 78.4 Å². The van der Waals surface area contributed by atoms with Crippen molar-refractivity contribution in [1.29, 1.82) is 0 Å². The Labute approximate surface area is 376 Å². The molecule has 2 aromatic carbocycles. The van der Waals surface area contributed by atoms with E-state index < -0.39 is 35.4 Å². The van der Waals surface area contributed by atoms with Crippen LogP contribution in [-0.2, 0) is 25.7 Å². The maximum Gasteiger partial charge on any atom is 0.274 e. The Balaban J connectivity index is 0.844. The number of carbonyl (C=O) groups is 4. The van der Waals surface area contributed by atoms with E-state index in [1.807, 2.05) is 75.7 Å². The molecule has 64 heavy (non-hydrogen) atoms. The molecule has 0 bridgehead atoms. The number of hydrogen-bond donors (Lipinski definition) is 5. The van der Waals surface area contributed by atoms with E-state index in [0.29, 0.717) is 36.0 Å². The fraction of sp³-hybridized carbons (Fsp3) is 0.413. The van der Waals surface area contributed by atoms with Crippen molar-refractivity contribution in [2.75, 3.05) is 69.8 Å². The first-order valence-electron chi connectivity index (χ1n) is 21.3. The Morgan fingerprint density at radius 2 is 1.80 bits per heavy atom. The molecule has 0 saturated carbocycles. The predicted molar refractivity (Wildman–Crippen MR) is 244 cm³/mol. The molecular formula is C46H56N10O7S. The highest BCUT2D eigenvalue weighted by Crippen LogP contribution is 2.32. The van der Waals surface area contributed by atoms with Gasteiger partial charge in [0.05, 0.1) is 53.0 Å². The van der Waals surface area contributed by atoms with Crippen molar-refractivity contribution >= 4 is 46.3 Å². The predicted octanol–water partition coefficient (Wildman–Crippen LogP) is 4.11. The zero-order valence-electron chi connectivity index (χ0n) is 36.8. The second kappa shape index (κ2) is 20.5. The van der Waals surface area contributed by atoms with Gasteiger partial charge in [0.2, 0.25) is 17.7 Å². The number of aromatic amines is 1. The van der Waals surface area contributed by atoms with Crippen molar-refractivity contribution in [3.05, 3.63) is 95.4 Å². The van der Waals surface area contributed by atoms with E-state index in [-0.39, 0.29) is 43.6 Å². The third kappa shape index (κ3) is 11.3. The van der Waals surface area contributed by atoms with Crippen molar-refractivity contribution in [3.63, 3.8) is 0 Å². The number of thiazole rings is 1. The number of rotatable bonds is 16. The summed E-state index contributed by atoms with van der Waals surface area (Å²) >= 11 is 1.57. The lowest BCUT2D eigenvalue weighted by Crippen LogP contribution is -2.58. The summed E-state index contributed by atoms with van der Waals surface area (Å²) in [6.45, 7) is 11.5. The topological polar surface area (TPSA) is 207 Å². The van der Waals surface area contributed by atoms with Crippen molar-refractivity contribution in [2.24, 2.45) is 5.41 Å². The van der Waals surface area contributed by atoms with Gasteiger partial charge in [-0.05, 0) is 53.8 Å². The van der Waals surface area contributed by atoms with E-state index in [1.54, 1.807) is 48.9 Å². The van der Waals surface area contributed by atoms with Gasteiger partial charge in [-0.25, -0.2) is 9.97 Å². The summed E-state index contributed by atoms with van der Waals surface area (Å²) in [6, 6.07) is 18.7. The normalized spacial score (nSPS) is 17.2. The molecule has 0 radical (unpaired) electrons. The number of ether oxygens (including phenoxy) is 2. The molecule has 0 aliphatic carbocycles. The highest BCUT2D eigenvalue weighted by molar-refractivity contribution is 7.13. The number of aromatic nitrogens is 4. The standard InChI is InChI=1S/C46H56N10O7S/c1-29-41(64-28-48-29)31-11-9-30(10-12-31)25-47-44(60)38-24-33(57)26-56(38)45(61)42(46(2,3)4)52-40(58)27-63-22-21-54-17-19-55(20-18-54)32-13-14-36(39(23-32)62-5)51-43(59)37-8-6-7-34(50-37)35-15-16-49-53-35/h6-16,23,28,33,38,42,57H,17-22,24-27H2,1-5H3,(H,47,60)(H,49,53)(H,51,59)(H,52,58)/t33-,38+,42-/m1/s1. The Morgan fingerprint density at radius 1 is 1.02 bits per heavy atom. The van der Waals surface area contributed by atoms with E-state index in [0.717, 1.165) is 53.6 Å². The summed E-state index contributed by atoms with van der Waals surface area (Å²) < 4.78 is 11.4. The van der Waals surface area contributed by atoms with Crippen molar-refractivity contribution < 1.29 is 33.8 Å². The Kier molecular flexibility index (Phi) is 14.7. The minimum Gasteiger partial charge on any atom is -0.494 e. The number of likely N-dealkylation sites (tertiary alicyclic amines) is 1. The quantitative estimate of drug-likeness (QED) is 0.0888. The van der Waals surface area contributed by atoms with Crippen LogP contribution in [0.2, 0.25) is 0 Å². The number of aryl methyl sites for hydroxylation is 1. The van der Waals surface area contributed by atoms with Gasteiger partial charge in [0.15, 0.2) is 0 Å². The summed E-state index contributed by atoms with van der Waals surface area (Å²) in [7, 11) is 1.56. The molecule has 2 aliphatic rings. The number of amides is 4. The van der Waals surface area contributed by atoms with Gasteiger partial charge < -0.3 is 40.3 Å². The number of methoxy groups -OCH3 is 1. The van der Waals surface area contributed by atoms with E-state index >= 15 is 0 Å². The number of nitrogens with zero attached hydrogens (tertiary/aromatic N) is 6. The molecule has 0 unspecified atom stereocenters. The fourth-order valence-electron chi connectivity index (χ4n) is 7.85. The van der Waals surface area contributed by atoms with Crippen LogP contribution >= 0.6 is 11.3 Å². The second-order valence-electron chi connectivity index (χ2n) is 17.0. The van der Waals surface area contributed by atoms with Gasteiger partial charge in [0, 0.05) is 70.2 Å². The number of anilines is 2. The molecule has 2 fully saturated rings. The van der Waals surface area contributed by atoms with Crippen LogP contribution in [0, 0.1) is 12.3 Å². The molecule has 17 nitrogen and oxygen atoms in total. The van der Waals surface area contributed by atoms with Crippen molar-refractivity contribution in [2.45, 2.75) is 58.8 Å². The van der Waals surface area contributed by atoms with E-state index in [9.17, 15) is 24.3 Å². The fourth-order valence-corrected chi connectivity index (χ4v) is 8.66. The number of carbonyl (C=O) groups excluding carboxylic acids is 4. The smallest absolute Gasteiger partial charge is 0.274 e. The van der Waals surface area contributed by atoms with Crippen molar-refractivity contribution in [1.82, 2.24) is 40.6 Å². The van der Waals surface area contributed by atoms with Gasteiger partial charge >= 0.3 is 0 Å². The average molecular weight is 893 g/mol. The molecule has 7 rings (SSSR count). The molecule has 5 N–H and O–H groups in total. The molecule has 338 valence electrons. The zero-order valence-corrected chi connectivity index (χ0v) is 37.6. The highest BCUT2D eigenvalue weighted by atomic mass is 32.1. The van der Waals surface area contributed by atoms with Gasteiger partial charge in [-0.3, -0.25) is 29.2 Å². The lowest BCUT2D eigenvalue weighted by molar-refractivity contribution is -0.144. The van der Waals surface area contributed by atoms with Crippen LogP contribution in [0.1, 0.15) is 48.9 Å². The Morgan fingerprint density at radius 3 is 2.48 bits per heavy atom. The van der Waals surface area contributed by atoms with Gasteiger partial charge in [-0.1, -0.05) is 51.1 Å². The molecule has 3 atom stereocenters. The molecule has 2 aliphatic heterocycles. The summed E-state index contributed by atoms with van der Waals surface area (Å²) in [5.74, 6) is -1.07. The Hall–Kier alpha value is -6.21. The number of benzene rings is 2. The number of β-amino-alcohol motifs (C(OH)–C–C–N with tert-alkyl or cyclic N) is 1. The lowest BCUT2D eigenvalue weighted by atomic mass is 9.85. The number of aliphatic hydroxyl groups is 1. The minimum absolute atomic E-state index is 0.00921. The number of hydrogen-bond acceptors (Lipinski definition) is 13. The van der Waals surface area contributed by atoms with Crippen LogP contribution in [0.25, 0.3) is 21.8 Å². The molecule has 2 saturated heterocycles. The Bertz CT molecular complexity index is 2390. The highest BCUT2D eigenvalue weighted by Gasteiger charge is 2.44. The molecule has 4 amide bonds. The number of H-pyrrole nitrogens is 1. The van der Waals surface area contributed by atoms with E-state index in [4.69, 9.17) is 9.47 Å². The number of pyridine rings is 1. The van der Waals surface area contributed by atoms with E-state index in [1.165, 1.54) is 4.90 Å². The lowest BCUT2D eigenvalue weighted by Gasteiger charge is -2.36. The number of nitrogens with one attached hydrogen (secondary N) is 4. The summed E-state index contributed by atoms with van der Waals surface area (Å²) in [4.78, 5) is 69.6. The SMILES string of the molecule is COc1cc(N2CCN(CCOCC(=O)N[C@H](C(=O)N3C[C@H](O)C[C@H]3C(=O)NCc3ccc(-c4scnc4C)cc3)C(C)(C)C)CC2)ccc1NC(=O)c1cccc(-c2ccn[nH]2)n1. The van der Waals surface area contributed by atoms with Gasteiger partial charge in [0.1, 0.15) is 30.1 Å². The second-order valence-corrected chi connectivity index (χ2v) is 17.9. The molecule has 3 aromatic heterocycles. The first-order chi connectivity index (χ1) is 30.8.